The van der Waals surface area contributed by atoms with Crippen LogP contribution in [0, 0.1) is 0 Å². The van der Waals surface area contributed by atoms with E-state index in [2.05, 4.69) is 16.0 Å². The van der Waals surface area contributed by atoms with Gasteiger partial charge in [0.25, 0.3) is 5.91 Å². The van der Waals surface area contributed by atoms with E-state index < -0.39 is 0 Å². The Hall–Kier alpha value is -2.96. The SMILES string of the molecule is O=C(CNc1cc(Cl)cc(Cl)c1)Nc1cccc(C(=O)NCc2ccco2)c1. The molecule has 6 nitrogen and oxygen atoms in total. The summed E-state index contributed by atoms with van der Waals surface area (Å²) in [5.41, 5.74) is 1.58. The lowest BCUT2D eigenvalue weighted by molar-refractivity contribution is -0.114. The maximum Gasteiger partial charge on any atom is 0.251 e. The minimum absolute atomic E-state index is 0.0194. The van der Waals surface area contributed by atoms with Crippen LogP contribution in [0.5, 0.6) is 0 Å². The summed E-state index contributed by atoms with van der Waals surface area (Å²) in [6.07, 6.45) is 1.54. The molecule has 0 aliphatic rings. The second kappa shape index (κ2) is 9.30. The molecule has 0 radical (unpaired) electrons. The molecule has 3 N–H and O–H groups in total. The lowest BCUT2D eigenvalue weighted by Gasteiger charge is -2.10. The molecule has 0 spiro atoms. The van der Waals surface area contributed by atoms with Crippen LogP contribution in [-0.2, 0) is 11.3 Å². The Morgan fingerprint density at radius 1 is 0.929 bits per heavy atom. The number of carbonyl (C=O) groups is 2. The molecule has 3 aromatic rings. The molecule has 2 amide bonds. The third-order valence-corrected chi connectivity index (χ3v) is 4.16. The van der Waals surface area contributed by atoms with Crippen LogP contribution >= 0.6 is 23.2 Å². The summed E-state index contributed by atoms with van der Waals surface area (Å²) in [6, 6.07) is 15.1. The zero-order valence-electron chi connectivity index (χ0n) is 14.7. The number of benzene rings is 2. The minimum atomic E-state index is -0.274. The molecule has 28 heavy (non-hydrogen) atoms. The van der Waals surface area contributed by atoms with Gasteiger partial charge in [0.2, 0.25) is 5.91 Å². The van der Waals surface area contributed by atoms with E-state index in [4.69, 9.17) is 27.6 Å². The molecular formula is C20H17Cl2N3O3. The number of carbonyl (C=O) groups excluding carboxylic acids is 2. The van der Waals surface area contributed by atoms with Gasteiger partial charge in [-0.25, -0.2) is 0 Å². The number of furan rings is 1. The number of halogens is 2. The van der Waals surface area contributed by atoms with Crippen molar-refractivity contribution in [1.29, 1.82) is 0 Å². The fourth-order valence-electron chi connectivity index (χ4n) is 2.46. The first kappa shape index (κ1) is 19.8. The number of hydrogen-bond donors (Lipinski definition) is 3. The summed E-state index contributed by atoms with van der Waals surface area (Å²) in [7, 11) is 0. The molecule has 0 bridgehead atoms. The number of hydrogen-bond acceptors (Lipinski definition) is 4. The maximum atomic E-state index is 12.2. The highest BCUT2D eigenvalue weighted by molar-refractivity contribution is 6.35. The van der Waals surface area contributed by atoms with Crippen LogP contribution in [0.2, 0.25) is 10.0 Å². The van der Waals surface area contributed by atoms with Gasteiger partial charge in [-0.2, -0.15) is 0 Å². The van der Waals surface area contributed by atoms with E-state index in [0.29, 0.717) is 32.7 Å². The molecule has 8 heteroatoms. The lowest BCUT2D eigenvalue weighted by Crippen LogP contribution is -2.24. The zero-order chi connectivity index (χ0) is 19.9. The van der Waals surface area contributed by atoms with Crippen molar-refractivity contribution >= 4 is 46.4 Å². The Bertz CT molecular complexity index is 954. The van der Waals surface area contributed by atoms with Crippen LogP contribution in [0.15, 0.2) is 65.3 Å². The molecule has 0 aliphatic carbocycles. The predicted octanol–water partition coefficient (Wildman–Crippen LogP) is 4.57. The maximum absolute atomic E-state index is 12.2. The first-order valence-corrected chi connectivity index (χ1v) is 9.15. The second-order valence-electron chi connectivity index (χ2n) is 5.90. The van der Waals surface area contributed by atoms with Gasteiger partial charge in [-0.05, 0) is 48.5 Å². The van der Waals surface area contributed by atoms with Crippen LogP contribution in [-0.4, -0.2) is 18.4 Å². The average Bonchev–Trinajstić information content (AvgIpc) is 3.17. The molecule has 0 unspecified atom stereocenters. The van der Waals surface area contributed by atoms with Crippen molar-refractivity contribution in [3.63, 3.8) is 0 Å². The van der Waals surface area contributed by atoms with Crippen LogP contribution in [0.3, 0.4) is 0 Å². The van der Waals surface area contributed by atoms with E-state index in [9.17, 15) is 9.59 Å². The van der Waals surface area contributed by atoms with Gasteiger partial charge in [-0.3, -0.25) is 9.59 Å². The second-order valence-corrected chi connectivity index (χ2v) is 6.78. The van der Waals surface area contributed by atoms with Crippen molar-refractivity contribution < 1.29 is 14.0 Å². The normalized spacial score (nSPS) is 10.4. The van der Waals surface area contributed by atoms with Crippen molar-refractivity contribution in [3.8, 4) is 0 Å². The molecule has 1 aromatic heterocycles. The van der Waals surface area contributed by atoms with E-state index in [0.717, 1.165) is 0 Å². The minimum Gasteiger partial charge on any atom is -0.467 e. The fraction of sp³-hybridized carbons (Fsp3) is 0.100. The Kier molecular flexibility index (Phi) is 6.57. The molecule has 0 saturated carbocycles. The van der Waals surface area contributed by atoms with Crippen molar-refractivity contribution in [2.75, 3.05) is 17.2 Å². The fourth-order valence-corrected chi connectivity index (χ4v) is 2.99. The molecule has 0 fully saturated rings. The van der Waals surface area contributed by atoms with Gasteiger partial charge in [-0.15, -0.1) is 0 Å². The van der Waals surface area contributed by atoms with E-state index in [-0.39, 0.29) is 24.9 Å². The van der Waals surface area contributed by atoms with Crippen LogP contribution in [0.4, 0.5) is 11.4 Å². The van der Waals surface area contributed by atoms with Crippen LogP contribution in [0.1, 0.15) is 16.1 Å². The lowest BCUT2D eigenvalue weighted by atomic mass is 10.2. The highest BCUT2D eigenvalue weighted by Crippen LogP contribution is 2.22. The summed E-state index contributed by atoms with van der Waals surface area (Å²) < 4.78 is 5.18. The predicted molar refractivity (Wildman–Crippen MR) is 110 cm³/mol. The van der Waals surface area contributed by atoms with E-state index >= 15 is 0 Å². The summed E-state index contributed by atoms with van der Waals surface area (Å²) in [6.45, 7) is 0.306. The quantitative estimate of drug-likeness (QED) is 0.525. The number of anilines is 2. The Balaban J connectivity index is 1.54. The molecule has 3 rings (SSSR count). The Labute approximate surface area is 171 Å². The molecule has 1 heterocycles. The smallest absolute Gasteiger partial charge is 0.251 e. The summed E-state index contributed by atoms with van der Waals surface area (Å²) >= 11 is 11.9. The first-order valence-electron chi connectivity index (χ1n) is 8.40. The van der Waals surface area contributed by atoms with Gasteiger partial charge in [-0.1, -0.05) is 29.3 Å². The highest BCUT2D eigenvalue weighted by atomic mass is 35.5. The molecule has 0 atom stereocenters. The molecule has 0 aliphatic heterocycles. The monoisotopic (exact) mass is 417 g/mol. The van der Waals surface area contributed by atoms with Crippen molar-refractivity contribution in [2.24, 2.45) is 0 Å². The number of nitrogens with one attached hydrogen (secondary N) is 3. The molecule has 0 saturated heterocycles. The van der Waals surface area contributed by atoms with Gasteiger partial charge in [0.15, 0.2) is 0 Å². The van der Waals surface area contributed by atoms with Crippen LogP contribution in [0.25, 0.3) is 0 Å². The Morgan fingerprint density at radius 3 is 2.43 bits per heavy atom. The molecule has 144 valence electrons. The van der Waals surface area contributed by atoms with Crippen LogP contribution < -0.4 is 16.0 Å². The van der Waals surface area contributed by atoms with E-state index in [1.54, 1.807) is 60.9 Å². The Morgan fingerprint density at radius 2 is 1.71 bits per heavy atom. The van der Waals surface area contributed by atoms with E-state index in [1.165, 1.54) is 0 Å². The number of amides is 2. The molecular weight excluding hydrogens is 401 g/mol. The van der Waals surface area contributed by atoms with Crippen molar-refractivity contribution in [3.05, 3.63) is 82.2 Å². The van der Waals surface area contributed by atoms with Gasteiger partial charge in [0, 0.05) is 27.0 Å². The average molecular weight is 418 g/mol. The van der Waals surface area contributed by atoms with E-state index in [1.807, 2.05) is 0 Å². The number of rotatable bonds is 7. The van der Waals surface area contributed by atoms with Gasteiger partial charge >= 0.3 is 0 Å². The van der Waals surface area contributed by atoms with Gasteiger partial charge in [0.05, 0.1) is 19.4 Å². The summed E-state index contributed by atoms with van der Waals surface area (Å²) in [4.78, 5) is 24.4. The standard InChI is InChI=1S/C20H17Cl2N3O3/c21-14-8-15(22)10-17(9-14)23-12-19(26)25-16-4-1-3-13(7-16)20(27)24-11-18-5-2-6-28-18/h1-10,23H,11-12H2,(H,24,27)(H,25,26). The highest BCUT2D eigenvalue weighted by Gasteiger charge is 2.09. The van der Waals surface area contributed by atoms with Crippen molar-refractivity contribution in [2.45, 2.75) is 6.54 Å². The summed E-state index contributed by atoms with van der Waals surface area (Å²) in [5.74, 6) is 0.119. The largest absolute Gasteiger partial charge is 0.467 e. The summed E-state index contributed by atoms with van der Waals surface area (Å²) in [5, 5.41) is 9.40. The van der Waals surface area contributed by atoms with Gasteiger partial charge < -0.3 is 20.4 Å². The topological polar surface area (TPSA) is 83.4 Å². The third-order valence-electron chi connectivity index (χ3n) is 3.73. The van der Waals surface area contributed by atoms with Crippen molar-refractivity contribution in [1.82, 2.24) is 5.32 Å². The van der Waals surface area contributed by atoms with Gasteiger partial charge in [0.1, 0.15) is 5.76 Å². The molecule has 2 aromatic carbocycles. The zero-order valence-corrected chi connectivity index (χ0v) is 16.2. The third kappa shape index (κ3) is 5.77. The first-order chi connectivity index (χ1) is 13.5.